The van der Waals surface area contributed by atoms with Crippen molar-refractivity contribution in [2.45, 2.75) is 18.9 Å². The zero-order valence-electron chi connectivity index (χ0n) is 20.5. The van der Waals surface area contributed by atoms with Crippen LogP contribution in [0, 0.1) is 7.14 Å². The van der Waals surface area contributed by atoms with E-state index in [2.05, 4.69) is 63.4 Å². The summed E-state index contributed by atoms with van der Waals surface area (Å²) in [5.74, 6) is 1.52. The van der Waals surface area contributed by atoms with Gasteiger partial charge >= 0.3 is 0 Å². The summed E-state index contributed by atoms with van der Waals surface area (Å²) in [6.07, 6.45) is 3.59. The second-order valence-corrected chi connectivity index (χ2v) is 12.4. The molecule has 0 bridgehead atoms. The first-order valence-corrected chi connectivity index (χ1v) is 14.9. The standard InChI is InChI=1S/C29H22I2N2O4S/c1-36-22-10-8-17(14-23(22)37-2)26-19-9-7-16-5-3-4-6-18(16)25(19)32-29-33(26)28(35)24(38-29)13-15-11-20(30)27(34)21(31)12-15/h3-6,8,10-14,26,34H,7,9H2,1-2H3/b24-13+/t26-/m0/s1. The molecule has 0 saturated carbocycles. The highest BCUT2D eigenvalue weighted by atomic mass is 127. The van der Waals surface area contributed by atoms with Gasteiger partial charge in [-0.1, -0.05) is 41.7 Å². The van der Waals surface area contributed by atoms with Crippen molar-refractivity contribution in [3.05, 3.63) is 109 Å². The predicted molar refractivity (Wildman–Crippen MR) is 166 cm³/mol. The van der Waals surface area contributed by atoms with Gasteiger partial charge in [0.25, 0.3) is 5.56 Å². The number of rotatable bonds is 4. The lowest BCUT2D eigenvalue weighted by Crippen LogP contribution is -2.38. The van der Waals surface area contributed by atoms with Crippen molar-refractivity contribution < 1.29 is 14.6 Å². The molecule has 1 aromatic heterocycles. The van der Waals surface area contributed by atoms with Gasteiger partial charge in [0.15, 0.2) is 16.3 Å². The van der Waals surface area contributed by atoms with Crippen molar-refractivity contribution in [1.29, 1.82) is 0 Å². The molecule has 1 aliphatic heterocycles. The summed E-state index contributed by atoms with van der Waals surface area (Å²) in [5.41, 5.74) is 6.20. The first-order chi connectivity index (χ1) is 18.4. The number of fused-ring (bicyclic) bond motifs is 3. The molecule has 0 spiro atoms. The number of methoxy groups -OCH3 is 2. The van der Waals surface area contributed by atoms with Crippen LogP contribution in [0.1, 0.15) is 34.7 Å². The van der Waals surface area contributed by atoms with Gasteiger partial charge in [-0.25, -0.2) is 4.99 Å². The van der Waals surface area contributed by atoms with Gasteiger partial charge in [0.1, 0.15) is 5.75 Å². The number of thiazole rings is 1. The number of phenols is 1. The molecular formula is C29H22I2N2O4S. The number of halogens is 2. The van der Waals surface area contributed by atoms with Crippen molar-refractivity contribution in [2.75, 3.05) is 14.2 Å². The maximum absolute atomic E-state index is 14.0. The van der Waals surface area contributed by atoms with E-state index in [-0.39, 0.29) is 17.4 Å². The van der Waals surface area contributed by atoms with Gasteiger partial charge in [0, 0.05) is 5.56 Å². The molecule has 4 aromatic rings. The van der Waals surface area contributed by atoms with E-state index in [1.807, 2.05) is 47.0 Å². The predicted octanol–water partition coefficient (Wildman–Crippen LogP) is 5.25. The number of aromatic hydroxyl groups is 1. The van der Waals surface area contributed by atoms with Gasteiger partial charge in [0.05, 0.1) is 37.6 Å². The van der Waals surface area contributed by atoms with Crippen molar-refractivity contribution in [2.24, 2.45) is 4.99 Å². The van der Waals surface area contributed by atoms with Crippen molar-refractivity contribution in [1.82, 2.24) is 4.57 Å². The van der Waals surface area contributed by atoms with Crippen molar-refractivity contribution in [3.8, 4) is 17.2 Å². The number of phenolic OH excluding ortho intramolecular Hbond substituents is 1. The zero-order valence-corrected chi connectivity index (χ0v) is 25.6. The fraction of sp³-hybridized carbons (Fsp3) is 0.172. The smallest absolute Gasteiger partial charge is 0.271 e. The number of aryl methyl sites for hydroxylation is 1. The molecule has 1 aliphatic carbocycles. The molecule has 6 rings (SSSR count). The molecule has 0 amide bonds. The van der Waals surface area contributed by atoms with Crippen molar-refractivity contribution >= 4 is 68.3 Å². The second-order valence-electron chi connectivity index (χ2n) is 9.06. The molecule has 9 heteroatoms. The fourth-order valence-electron chi connectivity index (χ4n) is 5.17. The normalized spacial score (nSPS) is 16.4. The van der Waals surface area contributed by atoms with Crippen LogP contribution >= 0.6 is 56.5 Å². The van der Waals surface area contributed by atoms with Crippen LogP contribution in [0.3, 0.4) is 0 Å². The summed E-state index contributed by atoms with van der Waals surface area (Å²) < 4.78 is 15.0. The molecule has 1 atom stereocenters. The molecule has 38 heavy (non-hydrogen) atoms. The van der Waals surface area contributed by atoms with E-state index in [4.69, 9.17) is 14.5 Å². The van der Waals surface area contributed by atoms with Gasteiger partial charge in [-0.05, 0) is 111 Å². The summed E-state index contributed by atoms with van der Waals surface area (Å²) >= 11 is 5.60. The van der Waals surface area contributed by atoms with Crippen molar-refractivity contribution in [3.63, 3.8) is 0 Å². The summed E-state index contributed by atoms with van der Waals surface area (Å²) in [5, 5.41) is 10.2. The Morgan fingerprint density at radius 2 is 1.76 bits per heavy atom. The highest BCUT2D eigenvalue weighted by Crippen LogP contribution is 2.42. The lowest BCUT2D eigenvalue weighted by Gasteiger charge is -2.31. The van der Waals surface area contributed by atoms with Gasteiger partial charge in [-0.2, -0.15) is 0 Å². The minimum atomic E-state index is -0.309. The van der Waals surface area contributed by atoms with E-state index in [9.17, 15) is 9.90 Å². The Hall–Kier alpha value is -2.64. The average molecular weight is 748 g/mol. The summed E-state index contributed by atoms with van der Waals surface area (Å²) in [4.78, 5) is 19.7. The molecule has 0 fully saturated rings. The number of hydrogen-bond donors (Lipinski definition) is 1. The first-order valence-electron chi connectivity index (χ1n) is 11.9. The first kappa shape index (κ1) is 25.6. The van der Waals surface area contributed by atoms with Gasteiger partial charge < -0.3 is 14.6 Å². The zero-order chi connectivity index (χ0) is 26.6. The minimum Gasteiger partial charge on any atom is -0.506 e. The lowest BCUT2D eigenvalue weighted by molar-refractivity contribution is 0.354. The van der Waals surface area contributed by atoms with E-state index in [0.717, 1.165) is 47.9 Å². The Balaban J connectivity index is 1.62. The molecular weight excluding hydrogens is 726 g/mol. The van der Waals surface area contributed by atoms with Gasteiger partial charge in [-0.3, -0.25) is 9.36 Å². The third-order valence-corrected chi connectivity index (χ3v) is 9.56. The third-order valence-electron chi connectivity index (χ3n) is 6.93. The number of benzene rings is 3. The van der Waals surface area contributed by atoms with Gasteiger partial charge in [0.2, 0.25) is 0 Å². The molecule has 2 heterocycles. The van der Waals surface area contributed by atoms with E-state index < -0.39 is 0 Å². The van der Waals surface area contributed by atoms with Crippen LogP contribution in [0.2, 0.25) is 0 Å². The molecule has 2 aliphatic rings. The lowest BCUT2D eigenvalue weighted by atomic mass is 9.83. The molecule has 0 radical (unpaired) electrons. The van der Waals surface area contributed by atoms with E-state index in [1.165, 1.54) is 16.9 Å². The highest BCUT2D eigenvalue weighted by molar-refractivity contribution is 14.1. The number of ether oxygens (including phenoxy) is 2. The minimum absolute atomic E-state index is 0.0861. The summed E-state index contributed by atoms with van der Waals surface area (Å²) in [6.45, 7) is 0. The van der Waals surface area contributed by atoms with Crippen LogP contribution in [0.5, 0.6) is 17.2 Å². The molecule has 3 aromatic carbocycles. The molecule has 0 saturated heterocycles. The Labute approximate surface area is 250 Å². The number of nitrogens with zero attached hydrogens (tertiary/aromatic N) is 2. The van der Waals surface area contributed by atoms with Crippen LogP contribution in [0.15, 0.2) is 70.0 Å². The topological polar surface area (TPSA) is 73.0 Å². The van der Waals surface area contributed by atoms with E-state index >= 15 is 0 Å². The maximum Gasteiger partial charge on any atom is 0.271 e. The molecule has 1 N–H and O–H groups in total. The second kappa shape index (κ2) is 10.2. The number of hydrogen-bond acceptors (Lipinski definition) is 6. The van der Waals surface area contributed by atoms with Crippen LogP contribution in [0.4, 0.5) is 0 Å². The Morgan fingerprint density at radius 3 is 2.50 bits per heavy atom. The third kappa shape index (κ3) is 4.28. The van der Waals surface area contributed by atoms with Gasteiger partial charge in [-0.15, -0.1) is 0 Å². The van der Waals surface area contributed by atoms with Crippen LogP contribution in [-0.2, 0) is 6.42 Å². The van der Waals surface area contributed by atoms with Crippen LogP contribution < -0.4 is 24.4 Å². The Kier molecular flexibility index (Phi) is 6.85. The average Bonchev–Trinajstić information content (AvgIpc) is 3.24. The SMILES string of the molecule is COc1ccc([C@H]2C3=C(N=c4s/c(=C/c5cc(I)c(O)c(I)c5)c(=O)n42)c2ccccc2CC3)cc1OC. The van der Waals surface area contributed by atoms with E-state index in [1.54, 1.807) is 14.2 Å². The fourth-order valence-corrected chi connectivity index (χ4v) is 7.98. The Morgan fingerprint density at radius 1 is 1.03 bits per heavy atom. The number of allylic oxidation sites excluding steroid dienone is 1. The molecule has 0 unspecified atom stereocenters. The molecule has 6 nitrogen and oxygen atoms in total. The highest BCUT2D eigenvalue weighted by Gasteiger charge is 2.33. The molecule has 192 valence electrons. The summed E-state index contributed by atoms with van der Waals surface area (Å²) in [6, 6.07) is 17.7. The van der Waals surface area contributed by atoms with Crippen LogP contribution in [-0.4, -0.2) is 23.9 Å². The number of aromatic nitrogens is 1. The largest absolute Gasteiger partial charge is 0.506 e. The quantitative estimate of drug-likeness (QED) is 0.290. The van der Waals surface area contributed by atoms with Crippen LogP contribution in [0.25, 0.3) is 11.8 Å². The maximum atomic E-state index is 14.0. The van der Waals surface area contributed by atoms with E-state index in [0.29, 0.717) is 20.8 Å². The summed E-state index contributed by atoms with van der Waals surface area (Å²) in [7, 11) is 3.24. The monoisotopic (exact) mass is 748 g/mol. The Bertz CT molecular complexity index is 1800.